The minimum Gasteiger partial charge on any atom is -0.369 e. The Morgan fingerprint density at radius 2 is 2.29 bits per heavy atom. The smallest absolute Gasteiger partial charge is 0.129 e. The minimum atomic E-state index is 0.568. The zero-order valence-electron chi connectivity index (χ0n) is 8.88. The summed E-state index contributed by atoms with van der Waals surface area (Å²) in [6.07, 6.45) is 5.79. The van der Waals surface area contributed by atoms with Crippen LogP contribution in [0.4, 0.5) is 5.82 Å². The molecule has 1 aliphatic carbocycles. The van der Waals surface area contributed by atoms with Crippen LogP contribution in [0.15, 0.2) is 12.3 Å². The van der Waals surface area contributed by atoms with Crippen LogP contribution in [0.3, 0.4) is 0 Å². The second-order valence-corrected chi connectivity index (χ2v) is 4.20. The Labute approximate surface area is 85.0 Å². The predicted octanol–water partition coefficient (Wildman–Crippen LogP) is 2.39. The van der Waals surface area contributed by atoms with Gasteiger partial charge < -0.3 is 5.32 Å². The minimum absolute atomic E-state index is 0.568. The number of rotatable bonds is 4. The maximum absolute atomic E-state index is 4.32. The summed E-state index contributed by atoms with van der Waals surface area (Å²) in [6, 6.07) is 1.93. The molecule has 1 saturated carbocycles. The topological polar surface area (TPSA) is 37.8 Å². The van der Waals surface area contributed by atoms with Crippen LogP contribution < -0.4 is 5.32 Å². The second-order valence-electron chi connectivity index (χ2n) is 4.20. The molecule has 0 saturated heterocycles. The van der Waals surface area contributed by atoms with Crippen molar-refractivity contribution in [3.63, 3.8) is 0 Å². The molecule has 0 radical (unpaired) electrons. The van der Waals surface area contributed by atoms with Gasteiger partial charge in [0.05, 0.1) is 0 Å². The first kappa shape index (κ1) is 9.44. The van der Waals surface area contributed by atoms with E-state index < -0.39 is 0 Å². The van der Waals surface area contributed by atoms with Crippen LogP contribution >= 0.6 is 0 Å². The van der Waals surface area contributed by atoms with E-state index in [1.54, 1.807) is 6.20 Å². The van der Waals surface area contributed by atoms with Gasteiger partial charge >= 0.3 is 0 Å². The fraction of sp³-hybridized carbons (Fsp3) is 0.636. The van der Waals surface area contributed by atoms with Crippen LogP contribution in [0.25, 0.3) is 0 Å². The lowest BCUT2D eigenvalue weighted by Crippen LogP contribution is -2.15. The molecule has 3 nitrogen and oxygen atoms in total. The molecule has 0 aliphatic heterocycles. The van der Waals surface area contributed by atoms with Crippen LogP contribution in [0.5, 0.6) is 0 Å². The Kier molecular flexibility index (Phi) is 2.40. The standard InChI is InChI=1S/C11H17N3/c1-3-11(5-6-11)8-13-10-4-7-12-9(2)14-10/h4,7H,3,5-6,8H2,1-2H3,(H,12,13,14). The highest BCUT2D eigenvalue weighted by atomic mass is 15.0. The van der Waals surface area contributed by atoms with Gasteiger partial charge in [-0.05, 0) is 37.7 Å². The van der Waals surface area contributed by atoms with Crippen LogP contribution in [0.2, 0.25) is 0 Å². The van der Waals surface area contributed by atoms with E-state index in [0.29, 0.717) is 5.41 Å². The van der Waals surface area contributed by atoms with Gasteiger partial charge in [-0.1, -0.05) is 6.92 Å². The average Bonchev–Trinajstić information content (AvgIpc) is 2.96. The number of hydrogen-bond acceptors (Lipinski definition) is 3. The van der Waals surface area contributed by atoms with Crippen molar-refractivity contribution in [1.29, 1.82) is 0 Å². The highest BCUT2D eigenvalue weighted by Gasteiger charge is 2.40. The molecule has 0 unspecified atom stereocenters. The number of anilines is 1. The van der Waals surface area contributed by atoms with Crippen molar-refractivity contribution in [2.75, 3.05) is 11.9 Å². The molecule has 0 bridgehead atoms. The quantitative estimate of drug-likeness (QED) is 0.794. The zero-order chi connectivity index (χ0) is 10.0. The van der Waals surface area contributed by atoms with Crippen molar-refractivity contribution in [2.45, 2.75) is 33.1 Å². The number of nitrogens with one attached hydrogen (secondary N) is 1. The van der Waals surface area contributed by atoms with E-state index in [-0.39, 0.29) is 0 Å². The third-order valence-electron chi connectivity index (χ3n) is 3.13. The molecule has 1 N–H and O–H groups in total. The highest BCUT2D eigenvalue weighted by molar-refractivity contribution is 5.33. The third kappa shape index (κ3) is 2.03. The Morgan fingerprint density at radius 3 is 2.86 bits per heavy atom. The van der Waals surface area contributed by atoms with E-state index in [1.165, 1.54) is 19.3 Å². The van der Waals surface area contributed by atoms with E-state index in [9.17, 15) is 0 Å². The van der Waals surface area contributed by atoms with Crippen LogP contribution in [-0.2, 0) is 0 Å². The molecule has 0 amide bonds. The normalized spacial score (nSPS) is 17.9. The zero-order valence-corrected chi connectivity index (χ0v) is 8.88. The highest BCUT2D eigenvalue weighted by Crippen LogP contribution is 2.48. The van der Waals surface area contributed by atoms with Gasteiger partial charge in [-0.3, -0.25) is 0 Å². The molecule has 1 aromatic rings. The molecule has 1 fully saturated rings. The summed E-state index contributed by atoms with van der Waals surface area (Å²) < 4.78 is 0. The first-order chi connectivity index (χ1) is 6.74. The molecule has 0 spiro atoms. The van der Waals surface area contributed by atoms with Gasteiger partial charge in [0.1, 0.15) is 11.6 Å². The van der Waals surface area contributed by atoms with Crippen molar-refractivity contribution in [3.05, 3.63) is 18.1 Å². The van der Waals surface area contributed by atoms with Crippen molar-refractivity contribution in [1.82, 2.24) is 9.97 Å². The summed E-state index contributed by atoms with van der Waals surface area (Å²) in [5.41, 5.74) is 0.568. The lowest BCUT2D eigenvalue weighted by atomic mass is 10.0. The van der Waals surface area contributed by atoms with Crippen molar-refractivity contribution in [2.24, 2.45) is 5.41 Å². The number of hydrogen-bond donors (Lipinski definition) is 1. The molecule has 2 rings (SSSR count). The Balaban J connectivity index is 1.92. The fourth-order valence-electron chi connectivity index (χ4n) is 1.66. The van der Waals surface area contributed by atoms with Crippen molar-refractivity contribution in [3.8, 4) is 0 Å². The predicted molar refractivity (Wildman–Crippen MR) is 57.2 cm³/mol. The Hall–Kier alpha value is -1.12. The summed E-state index contributed by atoms with van der Waals surface area (Å²) in [5.74, 6) is 1.79. The van der Waals surface area contributed by atoms with Gasteiger partial charge in [0, 0.05) is 12.7 Å². The molecule has 1 heterocycles. The lowest BCUT2D eigenvalue weighted by molar-refractivity contribution is 0.520. The molecule has 0 aromatic carbocycles. The monoisotopic (exact) mass is 191 g/mol. The van der Waals surface area contributed by atoms with E-state index in [0.717, 1.165) is 18.2 Å². The summed E-state index contributed by atoms with van der Waals surface area (Å²) in [4.78, 5) is 8.39. The average molecular weight is 191 g/mol. The molecular formula is C11H17N3. The summed E-state index contributed by atoms with van der Waals surface area (Å²) in [5, 5.41) is 3.39. The number of aryl methyl sites for hydroxylation is 1. The first-order valence-electron chi connectivity index (χ1n) is 5.28. The SMILES string of the molecule is CCC1(CNc2ccnc(C)n2)CC1. The van der Waals surface area contributed by atoms with Gasteiger partial charge in [0.25, 0.3) is 0 Å². The molecule has 1 aromatic heterocycles. The van der Waals surface area contributed by atoms with Crippen molar-refractivity contribution < 1.29 is 0 Å². The van der Waals surface area contributed by atoms with Crippen LogP contribution in [0, 0.1) is 12.3 Å². The van der Waals surface area contributed by atoms with E-state index in [4.69, 9.17) is 0 Å². The molecule has 14 heavy (non-hydrogen) atoms. The van der Waals surface area contributed by atoms with Gasteiger partial charge in [-0.2, -0.15) is 0 Å². The third-order valence-corrected chi connectivity index (χ3v) is 3.13. The number of nitrogens with zero attached hydrogens (tertiary/aromatic N) is 2. The van der Waals surface area contributed by atoms with E-state index >= 15 is 0 Å². The number of aromatic nitrogens is 2. The van der Waals surface area contributed by atoms with Gasteiger partial charge in [-0.15, -0.1) is 0 Å². The fourth-order valence-corrected chi connectivity index (χ4v) is 1.66. The Bertz CT molecular complexity index is 318. The molecule has 3 heteroatoms. The molecular weight excluding hydrogens is 174 g/mol. The maximum atomic E-state index is 4.32. The van der Waals surface area contributed by atoms with Crippen LogP contribution in [0.1, 0.15) is 32.0 Å². The summed E-state index contributed by atoms with van der Waals surface area (Å²) in [6.45, 7) is 5.23. The van der Waals surface area contributed by atoms with Crippen molar-refractivity contribution >= 4 is 5.82 Å². The van der Waals surface area contributed by atoms with Gasteiger partial charge in [0.15, 0.2) is 0 Å². The van der Waals surface area contributed by atoms with Gasteiger partial charge in [0.2, 0.25) is 0 Å². The Morgan fingerprint density at radius 1 is 1.50 bits per heavy atom. The van der Waals surface area contributed by atoms with Gasteiger partial charge in [-0.25, -0.2) is 9.97 Å². The first-order valence-corrected chi connectivity index (χ1v) is 5.28. The van der Waals surface area contributed by atoms with E-state index in [2.05, 4.69) is 22.2 Å². The van der Waals surface area contributed by atoms with E-state index in [1.807, 2.05) is 13.0 Å². The summed E-state index contributed by atoms with van der Waals surface area (Å²) >= 11 is 0. The molecule has 0 atom stereocenters. The second kappa shape index (κ2) is 3.56. The maximum Gasteiger partial charge on any atom is 0.129 e. The largest absolute Gasteiger partial charge is 0.369 e. The molecule has 1 aliphatic rings. The van der Waals surface area contributed by atoms with Crippen LogP contribution in [-0.4, -0.2) is 16.5 Å². The molecule has 76 valence electrons. The lowest BCUT2D eigenvalue weighted by Gasteiger charge is -2.13. The summed E-state index contributed by atoms with van der Waals surface area (Å²) in [7, 11) is 0.